The molecule has 0 saturated carbocycles. The van der Waals surface area contributed by atoms with Crippen LogP contribution in [0.4, 0.5) is 17.1 Å². The number of fused-ring (bicyclic) bond motifs is 5. The predicted molar refractivity (Wildman–Crippen MR) is 215 cm³/mol. The van der Waals surface area contributed by atoms with Crippen LogP contribution in [0.3, 0.4) is 0 Å². The molecule has 2 heterocycles. The van der Waals surface area contributed by atoms with Crippen LogP contribution in [0.25, 0.3) is 75.8 Å². The molecule has 0 aliphatic heterocycles. The lowest BCUT2D eigenvalue weighted by molar-refractivity contribution is 0.621. The van der Waals surface area contributed by atoms with Gasteiger partial charge in [0.25, 0.3) is 0 Å². The first-order valence-corrected chi connectivity index (χ1v) is 17.9. The summed E-state index contributed by atoms with van der Waals surface area (Å²) in [6, 6.07) is 64.5. The Hall–Kier alpha value is -6.49. The van der Waals surface area contributed by atoms with E-state index in [1.807, 2.05) is 17.4 Å². The first-order valence-electron chi connectivity index (χ1n) is 17.1. The van der Waals surface area contributed by atoms with Crippen molar-refractivity contribution in [3.05, 3.63) is 182 Å². The monoisotopic (exact) mass is 670 g/mol. The van der Waals surface area contributed by atoms with Crippen LogP contribution in [-0.2, 0) is 0 Å². The molecule has 0 N–H and O–H groups in total. The van der Waals surface area contributed by atoms with Gasteiger partial charge in [0.15, 0.2) is 5.58 Å². The van der Waals surface area contributed by atoms with Gasteiger partial charge in [-0.05, 0) is 88.1 Å². The van der Waals surface area contributed by atoms with E-state index in [-0.39, 0.29) is 0 Å². The average Bonchev–Trinajstić information content (AvgIpc) is 3.81. The van der Waals surface area contributed by atoms with Crippen molar-refractivity contribution in [2.45, 2.75) is 0 Å². The van der Waals surface area contributed by atoms with Crippen molar-refractivity contribution in [1.29, 1.82) is 0 Å². The Morgan fingerprint density at radius 1 is 0.471 bits per heavy atom. The van der Waals surface area contributed by atoms with Gasteiger partial charge in [0.2, 0.25) is 5.89 Å². The first-order chi connectivity index (χ1) is 25.3. The highest BCUT2D eigenvalue weighted by atomic mass is 32.1. The lowest BCUT2D eigenvalue weighted by atomic mass is 10.0. The van der Waals surface area contributed by atoms with Crippen molar-refractivity contribution < 1.29 is 4.42 Å². The minimum absolute atomic E-state index is 0.626. The molecular formula is C47H30N2OS. The smallest absolute Gasteiger partial charge is 0.227 e. The number of nitrogens with zero attached hydrogens (tertiary/aromatic N) is 2. The van der Waals surface area contributed by atoms with Crippen LogP contribution >= 0.6 is 11.3 Å². The zero-order valence-corrected chi connectivity index (χ0v) is 28.3. The van der Waals surface area contributed by atoms with Crippen molar-refractivity contribution in [1.82, 2.24) is 4.98 Å². The second-order valence-electron chi connectivity index (χ2n) is 12.8. The van der Waals surface area contributed by atoms with Crippen LogP contribution in [0, 0.1) is 0 Å². The molecular weight excluding hydrogens is 641 g/mol. The highest BCUT2D eigenvalue weighted by Gasteiger charge is 2.19. The number of hydrogen-bond donors (Lipinski definition) is 0. The molecule has 0 spiro atoms. The molecule has 0 aliphatic carbocycles. The Bertz CT molecular complexity index is 2850. The van der Waals surface area contributed by atoms with Gasteiger partial charge in [0.05, 0.1) is 5.69 Å². The van der Waals surface area contributed by atoms with Gasteiger partial charge in [-0.25, -0.2) is 4.98 Å². The standard InChI is InChI=1S/C47H30N2OS/c1-2-10-31(11-3-1)33-22-26-37(27-23-33)49(42-17-9-19-44-45(42)40-14-6-7-18-43(40)51-44)38-28-24-34(25-29-38)39-15-8-16-41-46(39)50-47(48-41)36-21-20-32-12-4-5-13-35(32)30-36/h1-30H. The minimum atomic E-state index is 0.626. The molecule has 10 rings (SSSR count). The summed E-state index contributed by atoms with van der Waals surface area (Å²) in [5, 5.41) is 4.90. The van der Waals surface area contributed by atoms with Gasteiger partial charge in [-0.1, -0.05) is 121 Å². The molecule has 0 amide bonds. The fourth-order valence-electron chi connectivity index (χ4n) is 7.22. The Morgan fingerprint density at radius 2 is 1.12 bits per heavy atom. The lowest BCUT2D eigenvalue weighted by Crippen LogP contribution is -2.10. The predicted octanol–water partition coefficient (Wildman–Crippen LogP) is 13.8. The second-order valence-corrected chi connectivity index (χ2v) is 13.9. The number of thiophene rings is 1. The van der Waals surface area contributed by atoms with Crippen molar-refractivity contribution in [2.75, 3.05) is 4.90 Å². The van der Waals surface area contributed by atoms with Crippen LogP contribution in [0.5, 0.6) is 0 Å². The molecule has 0 fully saturated rings. The first kappa shape index (κ1) is 29.4. The number of para-hydroxylation sites is 1. The highest BCUT2D eigenvalue weighted by Crippen LogP contribution is 2.45. The number of anilines is 3. The third-order valence-corrected chi connectivity index (χ3v) is 10.8. The Balaban J connectivity index is 1.08. The molecule has 4 heteroatoms. The molecule has 10 aromatic rings. The second kappa shape index (κ2) is 12.1. The molecule has 51 heavy (non-hydrogen) atoms. The van der Waals surface area contributed by atoms with E-state index in [0.717, 1.165) is 44.9 Å². The number of benzene rings is 8. The number of aromatic nitrogens is 1. The van der Waals surface area contributed by atoms with E-state index in [4.69, 9.17) is 9.40 Å². The van der Waals surface area contributed by atoms with E-state index in [2.05, 4.69) is 181 Å². The molecule has 3 nitrogen and oxygen atoms in total. The molecule has 8 aromatic carbocycles. The van der Waals surface area contributed by atoms with E-state index in [0.29, 0.717) is 5.89 Å². The highest BCUT2D eigenvalue weighted by molar-refractivity contribution is 7.26. The van der Waals surface area contributed by atoms with Crippen LogP contribution in [0.2, 0.25) is 0 Å². The average molecular weight is 671 g/mol. The third kappa shape index (κ3) is 5.16. The third-order valence-electron chi connectivity index (χ3n) is 9.70. The molecule has 0 bridgehead atoms. The molecule has 2 aromatic heterocycles. The molecule has 0 unspecified atom stereocenters. The Labute approximate surface area is 299 Å². The van der Waals surface area contributed by atoms with Gasteiger partial charge in [-0.3, -0.25) is 0 Å². The van der Waals surface area contributed by atoms with E-state index < -0.39 is 0 Å². The number of hydrogen-bond acceptors (Lipinski definition) is 4. The number of rotatable bonds is 6. The maximum absolute atomic E-state index is 6.51. The summed E-state index contributed by atoms with van der Waals surface area (Å²) < 4.78 is 9.08. The summed E-state index contributed by atoms with van der Waals surface area (Å²) in [4.78, 5) is 7.29. The summed E-state index contributed by atoms with van der Waals surface area (Å²) in [5.41, 5.74) is 10.4. The molecule has 0 atom stereocenters. The maximum atomic E-state index is 6.51. The fourth-order valence-corrected chi connectivity index (χ4v) is 8.34. The fraction of sp³-hybridized carbons (Fsp3) is 0. The van der Waals surface area contributed by atoms with Crippen LogP contribution in [0.15, 0.2) is 186 Å². The van der Waals surface area contributed by atoms with E-state index in [1.165, 1.54) is 42.1 Å². The maximum Gasteiger partial charge on any atom is 0.227 e. The quantitative estimate of drug-likeness (QED) is 0.176. The lowest BCUT2D eigenvalue weighted by Gasteiger charge is -2.27. The zero-order valence-electron chi connectivity index (χ0n) is 27.5. The van der Waals surface area contributed by atoms with Gasteiger partial charge >= 0.3 is 0 Å². The largest absolute Gasteiger partial charge is 0.435 e. The SMILES string of the molecule is c1ccc(-c2ccc(N(c3ccc(-c4cccc5nc(-c6ccc7ccccc7c6)oc45)cc3)c3cccc4sc5ccccc5c34)cc2)cc1. The molecule has 0 saturated heterocycles. The van der Waals surface area contributed by atoms with Gasteiger partial charge in [-0.2, -0.15) is 0 Å². The van der Waals surface area contributed by atoms with Gasteiger partial charge in [-0.15, -0.1) is 11.3 Å². The molecule has 0 aliphatic rings. The van der Waals surface area contributed by atoms with Gasteiger partial charge < -0.3 is 9.32 Å². The normalized spacial score (nSPS) is 11.5. The van der Waals surface area contributed by atoms with Crippen molar-refractivity contribution in [3.8, 4) is 33.7 Å². The van der Waals surface area contributed by atoms with Crippen molar-refractivity contribution in [3.63, 3.8) is 0 Å². The van der Waals surface area contributed by atoms with E-state index >= 15 is 0 Å². The minimum Gasteiger partial charge on any atom is -0.435 e. The zero-order chi connectivity index (χ0) is 33.7. The Morgan fingerprint density at radius 3 is 1.94 bits per heavy atom. The molecule has 240 valence electrons. The van der Waals surface area contributed by atoms with Crippen LogP contribution < -0.4 is 4.90 Å². The molecule has 0 radical (unpaired) electrons. The topological polar surface area (TPSA) is 29.3 Å². The summed E-state index contributed by atoms with van der Waals surface area (Å²) in [6.07, 6.45) is 0. The van der Waals surface area contributed by atoms with Gasteiger partial charge in [0, 0.05) is 42.7 Å². The summed E-state index contributed by atoms with van der Waals surface area (Å²) in [7, 11) is 0. The van der Waals surface area contributed by atoms with Crippen LogP contribution in [-0.4, -0.2) is 4.98 Å². The summed E-state index contributed by atoms with van der Waals surface area (Å²) in [6.45, 7) is 0. The van der Waals surface area contributed by atoms with E-state index in [9.17, 15) is 0 Å². The number of oxazole rings is 1. The van der Waals surface area contributed by atoms with E-state index in [1.54, 1.807) is 0 Å². The van der Waals surface area contributed by atoms with Crippen molar-refractivity contribution in [2.24, 2.45) is 0 Å². The van der Waals surface area contributed by atoms with Gasteiger partial charge in [0.1, 0.15) is 5.52 Å². The van der Waals surface area contributed by atoms with Crippen molar-refractivity contribution >= 4 is 70.4 Å². The van der Waals surface area contributed by atoms with Crippen LogP contribution in [0.1, 0.15) is 0 Å². The Kier molecular flexibility index (Phi) is 7.00. The summed E-state index contributed by atoms with van der Waals surface area (Å²) >= 11 is 1.84. The summed E-state index contributed by atoms with van der Waals surface area (Å²) in [5.74, 6) is 0.626.